The average Bonchev–Trinajstić information content (AvgIpc) is 2.48. The molecule has 1 rings (SSSR count). The van der Waals surface area contributed by atoms with Crippen molar-refractivity contribution in [3.05, 3.63) is 5.38 Å². The third-order valence-corrected chi connectivity index (χ3v) is 2.74. The van der Waals surface area contributed by atoms with Crippen LogP contribution in [-0.4, -0.2) is 25.4 Å². The van der Waals surface area contributed by atoms with Crippen LogP contribution < -0.4 is 5.32 Å². The van der Waals surface area contributed by atoms with Crippen molar-refractivity contribution < 1.29 is 18.3 Å². The molecule has 1 heterocycles. The Balaban J connectivity index is 2.60. The second-order valence-corrected chi connectivity index (χ2v) is 5.64. The van der Waals surface area contributed by atoms with E-state index in [2.05, 4.69) is 10.3 Å². The zero-order valence-corrected chi connectivity index (χ0v) is 10.6. The maximum Gasteiger partial charge on any atom is 0.413 e. The number of carbonyl (C=O) groups excluding carboxylic acids is 1. The van der Waals surface area contributed by atoms with Gasteiger partial charge in [0.15, 0.2) is 10.2 Å². The zero-order chi connectivity index (χ0) is 12.3. The Morgan fingerprint density at radius 2 is 2.25 bits per heavy atom. The van der Waals surface area contributed by atoms with Crippen LogP contribution in [0.3, 0.4) is 0 Å². The summed E-state index contributed by atoms with van der Waals surface area (Å²) < 4.78 is 24.4. The van der Waals surface area contributed by atoms with Crippen LogP contribution in [0, 0.1) is 0 Å². The first-order valence-electron chi connectivity index (χ1n) is 4.34. The molecular formula is C8H12N2O4S2. The normalized spacial score (nSPS) is 13.2. The van der Waals surface area contributed by atoms with Crippen molar-refractivity contribution in [3.8, 4) is 0 Å². The highest BCUT2D eigenvalue weighted by Crippen LogP contribution is 2.18. The number of aromatic nitrogens is 1. The Hall–Kier alpha value is -0.990. The fourth-order valence-electron chi connectivity index (χ4n) is 0.788. The predicted octanol–water partition coefficient (Wildman–Crippen LogP) is 2.07. The van der Waals surface area contributed by atoms with E-state index in [4.69, 9.17) is 9.29 Å². The van der Waals surface area contributed by atoms with E-state index < -0.39 is 22.8 Å². The molecule has 1 unspecified atom stereocenters. The van der Waals surface area contributed by atoms with Crippen LogP contribution in [-0.2, 0) is 15.8 Å². The van der Waals surface area contributed by atoms with Crippen LogP contribution in [0.1, 0.15) is 20.8 Å². The summed E-state index contributed by atoms with van der Waals surface area (Å²) in [6.07, 6.45) is -0.642. The molecule has 0 saturated heterocycles. The van der Waals surface area contributed by atoms with Gasteiger partial charge in [0.2, 0.25) is 11.1 Å². The highest BCUT2D eigenvalue weighted by molar-refractivity contribution is 7.79. The van der Waals surface area contributed by atoms with E-state index >= 15 is 0 Å². The lowest BCUT2D eigenvalue weighted by atomic mass is 10.2. The third kappa shape index (κ3) is 4.25. The summed E-state index contributed by atoms with van der Waals surface area (Å²) in [5.74, 6) is 0. The molecule has 0 radical (unpaired) electrons. The molecule has 6 nitrogen and oxygen atoms in total. The van der Waals surface area contributed by atoms with Gasteiger partial charge < -0.3 is 9.29 Å². The minimum atomic E-state index is -2.13. The molecule has 8 heteroatoms. The second kappa shape index (κ2) is 4.89. The fourth-order valence-corrected chi connectivity index (χ4v) is 2.05. The van der Waals surface area contributed by atoms with Crippen molar-refractivity contribution in [1.82, 2.24) is 4.98 Å². The Morgan fingerprint density at radius 1 is 1.62 bits per heavy atom. The van der Waals surface area contributed by atoms with Gasteiger partial charge >= 0.3 is 6.09 Å². The molecule has 1 atom stereocenters. The predicted molar refractivity (Wildman–Crippen MR) is 61.0 cm³/mol. The number of nitrogens with zero attached hydrogens (tertiary/aromatic N) is 1. The number of thiazole rings is 1. The van der Waals surface area contributed by atoms with Gasteiger partial charge in [-0.25, -0.2) is 14.0 Å². The molecule has 0 bridgehead atoms. The number of ether oxygens (including phenoxy) is 1. The van der Waals surface area contributed by atoms with Crippen molar-refractivity contribution in [2.45, 2.75) is 31.4 Å². The molecule has 0 aliphatic rings. The average molecular weight is 264 g/mol. The topological polar surface area (TPSA) is 88.5 Å². The number of nitrogens with one attached hydrogen (secondary N) is 1. The Kier molecular flexibility index (Phi) is 4.00. The minimum Gasteiger partial charge on any atom is -0.444 e. The maximum atomic E-state index is 11.3. The van der Waals surface area contributed by atoms with Crippen LogP contribution in [0.5, 0.6) is 0 Å². The van der Waals surface area contributed by atoms with E-state index in [-0.39, 0.29) is 10.2 Å². The number of hydrogen-bond donors (Lipinski definition) is 2. The molecule has 1 amide bonds. The number of anilines is 1. The first kappa shape index (κ1) is 13.1. The quantitative estimate of drug-likeness (QED) is 0.798. The zero-order valence-electron chi connectivity index (χ0n) is 9.01. The van der Waals surface area contributed by atoms with E-state index in [9.17, 15) is 9.00 Å². The molecule has 2 N–H and O–H groups in total. The van der Waals surface area contributed by atoms with Crippen LogP contribution in [0.4, 0.5) is 9.93 Å². The van der Waals surface area contributed by atoms with Crippen molar-refractivity contribution in [1.29, 1.82) is 0 Å². The summed E-state index contributed by atoms with van der Waals surface area (Å²) in [5, 5.41) is 4.00. The van der Waals surface area contributed by atoms with Gasteiger partial charge in [-0.15, -0.1) is 11.3 Å². The Morgan fingerprint density at radius 3 is 2.69 bits per heavy atom. The molecule has 90 valence electrons. The molecular weight excluding hydrogens is 252 g/mol. The number of amides is 1. The molecule has 0 aromatic carbocycles. The van der Waals surface area contributed by atoms with Gasteiger partial charge in [-0.3, -0.25) is 5.32 Å². The lowest BCUT2D eigenvalue weighted by molar-refractivity contribution is 0.0636. The highest BCUT2D eigenvalue weighted by atomic mass is 32.2. The van der Waals surface area contributed by atoms with Crippen molar-refractivity contribution >= 4 is 33.6 Å². The molecule has 1 aromatic rings. The van der Waals surface area contributed by atoms with Gasteiger partial charge in [0.25, 0.3) is 0 Å². The van der Waals surface area contributed by atoms with Crippen molar-refractivity contribution in [2.75, 3.05) is 5.32 Å². The first-order valence-corrected chi connectivity index (χ1v) is 6.33. The molecule has 0 fully saturated rings. The molecule has 0 saturated carbocycles. The van der Waals surface area contributed by atoms with E-state index in [1.165, 1.54) is 5.38 Å². The summed E-state index contributed by atoms with van der Waals surface area (Å²) in [6.45, 7) is 5.22. The molecule has 0 aliphatic heterocycles. The van der Waals surface area contributed by atoms with E-state index in [0.717, 1.165) is 11.3 Å². The lowest BCUT2D eigenvalue weighted by Gasteiger charge is -2.18. The van der Waals surface area contributed by atoms with E-state index in [0.29, 0.717) is 0 Å². The molecule has 16 heavy (non-hydrogen) atoms. The monoisotopic (exact) mass is 264 g/mol. The standard InChI is InChI=1S/C8H12N2O4S2/c1-8(2,3)14-7(11)10-6-9-5(4-15-6)16(12)13/h4H,1-3H3,(H,12,13)(H,9,10,11). The number of carbonyl (C=O) groups is 1. The number of rotatable bonds is 2. The lowest BCUT2D eigenvalue weighted by Crippen LogP contribution is -2.27. The molecule has 1 aromatic heterocycles. The Bertz CT molecular complexity index is 410. The van der Waals surface area contributed by atoms with Gasteiger partial charge in [0.1, 0.15) is 5.60 Å². The van der Waals surface area contributed by atoms with Gasteiger partial charge in [0.05, 0.1) is 0 Å². The van der Waals surface area contributed by atoms with Crippen molar-refractivity contribution in [3.63, 3.8) is 0 Å². The summed E-state index contributed by atoms with van der Waals surface area (Å²) in [5.41, 5.74) is -0.593. The third-order valence-electron chi connectivity index (χ3n) is 1.27. The van der Waals surface area contributed by atoms with Crippen LogP contribution >= 0.6 is 11.3 Å². The largest absolute Gasteiger partial charge is 0.444 e. The first-order chi connectivity index (χ1) is 7.28. The molecule has 0 spiro atoms. The minimum absolute atomic E-state index is 0.0102. The summed E-state index contributed by atoms with van der Waals surface area (Å²) >= 11 is -1.08. The van der Waals surface area contributed by atoms with Gasteiger partial charge in [-0.1, -0.05) is 0 Å². The number of hydrogen-bond acceptors (Lipinski definition) is 5. The van der Waals surface area contributed by atoms with Gasteiger partial charge in [-0.05, 0) is 20.8 Å². The van der Waals surface area contributed by atoms with E-state index in [1.807, 2.05) is 0 Å². The summed E-state index contributed by atoms with van der Waals surface area (Å²) in [7, 11) is 0. The second-order valence-electron chi connectivity index (χ2n) is 3.87. The summed E-state index contributed by atoms with van der Waals surface area (Å²) in [6, 6.07) is 0. The van der Waals surface area contributed by atoms with Crippen LogP contribution in [0.15, 0.2) is 10.4 Å². The van der Waals surface area contributed by atoms with E-state index in [1.54, 1.807) is 20.8 Å². The Labute approximate surface area is 99.3 Å². The van der Waals surface area contributed by atoms with Gasteiger partial charge in [-0.2, -0.15) is 0 Å². The van der Waals surface area contributed by atoms with Crippen molar-refractivity contribution in [2.24, 2.45) is 0 Å². The van der Waals surface area contributed by atoms with Gasteiger partial charge in [0, 0.05) is 5.38 Å². The fraction of sp³-hybridized carbons (Fsp3) is 0.500. The van der Waals surface area contributed by atoms with Crippen LogP contribution in [0.25, 0.3) is 0 Å². The van der Waals surface area contributed by atoms with Crippen LogP contribution in [0.2, 0.25) is 0 Å². The molecule has 0 aliphatic carbocycles. The SMILES string of the molecule is CC(C)(C)OC(=O)Nc1nc(S(=O)O)cs1. The smallest absolute Gasteiger partial charge is 0.413 e. The highest BCUT2D eigenvalue weighted by Gasteiger charge is 2.17. The maximum absolute atomic E-state index is 11.3. The summed E-state index contributed by atoms with van der Waals surface area (Å²) in [4.78, 5) is 15.0.